The van der Waals surface area contributed by atoms with Gasteiger partial charge in [-0.3, -0.25) is 9.69 Å². The largest absolute Gasteiger partial charge is 0.390 e. The summed E-state index contributed by atoms with van der Waals surface area (Å²) in [6, 6.07) is 3.78. The summed E-state index contributed by atoms with van der Waals surface area (Å²) in [5, 5.41) is 12.7. The van der Waals surface area contributed by atoms with Crippen LogP contribution in [0.15, 0.2) is 12.1 Å². The molecular formula is C14H21ClN2O3S. The number of β-amino-alcohol motifs (C(OH)–C–C–N with tert-alkyl or cyclic N) is 1. The third-order valence-electron chi connectivity index (χ3n) is 3.33. The molecule has 0 saturated carbocycles. The lowest BCUT2D eigenvalue weighted by atomic mass is 10.2. The molecule has 0 spiro atoms. The Hall–Kier alpha value is -0.660. The molecule has 1 unspecified atom stereocenters. The average Bonchev–Trinajstić information content (AvgIpc) is 2.90. The fraction of sp³-hybridized carbons (Fsp3) is 0.643. The van der Waals surface area contributed by atoms with Gasteiger partial charge in [0.25, 0.3) is 0 Å². The number of rotatable bonds is 7. The van der Waals surface area contributed by atoms with Crippen molar-refractivity contribution in [2.75, 3.05) is 39.4 Å². The summed E-state index contributed by atoms with van der Waals surface area (Å²) in [5.41, 5.74) is 0. The quantitative estimate of drug-likeness (QED) is 0.786. The highest BCUT2D eigenvalue weighted by molar-refractivity contribution is 7.16. The number of carbonyl (C=O) groups is 1. The number of thiophene rings is 1. The van der Waals surface area contributed by atoms with Gasteiger partial charge in [0.2, 0.25) is 5.91 Å². The van der Waals surface area contributed by atoms with E-state index in [4.69, 9.17) is 16.3 Å². The molecule has 0 aromatic carbocycles. The zero-order chi connectivity index (χ0) is 15.1. The molecule has 5 nitrogen and oxygen atoms in total. The smallest absolute Gasteiger partial charge is 0.220 e. The minimum Gasteiger partial charge on any atom is -0.390 e. The second-order valence-electron chi connectivity index (χ2n) is 5.08. The molecule has 1 aromatic rings. The van der Waals surface area contributed by atoms with Gasteiger partial charge in [-0.1, -0.05) is 11.6 Å². The number of morpholine rings is 1. The van der Waals surface area contributed by atoms with Crippen LogP contribution in [0.2, 0.25) is 4.34 Å². The first-order valence-corrected chi connectivity index (χ1v) is 8.32. The first kappa shape index (κ1) is 16.7. The fourth-order valence-electron chi connectivity index (χ4n) is 2.19. The van der Waals surface area contributed by atoms with Gasteiger partial charge < -0.3 is 15.2 Å². The number of nitrogens with zero attached hydrogens (tertiary/aromatic N) is 1. The number of aliphatic hydroxyl groups excluding tert-OH is 1. The lowest BCUT2D eigenvalue weighted by Crippen LogP contribution is -2.44. The predicted molar refractivity (Wildman–Crippen MR) is 83.9 cm³/mol. The normalized spacial score (nSPS) is 17.6. The first-order valence-electron chi connectivity index (χ1n) is 7.12. The fourth-order valence-corrected chi connectivity index (χ4v) is 3.28. The van der Waals surface area contributed by atoms with Crippen molar-refractivity contribution in [2.45, 2.75) is 18.9 Å². The van der Waals surface area contributed by atoms with E-state index >= 15 is 0 Å². The number of aryl methyl sites for hydroxylation is 1. The molecular weight excluding hydrogens is 312 g/mol. The van der Waals surface area contributed by atoms with Crippen LogP contribution in [-0.4, -0.2) is 61.4 Å². The standard InChI is InChI=1S/C14H21ClN2O3S/c15-13-3-1-12(21-13)2-4-14(19)16-9-11(18)10-17-5-7-20-8-6-17/h1,3,11,18H,2,4-10H2,(H,16,19). The molecule has 1 aliphatic heterocycles. The topological polar surface area (TPSA) is 61.8 Å². The maximum Gasteiger partial charge on any atom is 0.220 e. The molecule has 118 valence electrons. The van der Waals surface area contributed by atoms with Crippen molar-refractivity contribution in [1.29, 1.82) is 0 Å². The molecule has 0 radical (unpaired) electrons. The average molecular weight is 333 g/mol. The van der Waals surface area contributed by atoms with Crippen LogP contribution in [-0.2, 0) is 16.0 Å². The van der Waals surface area contributed by atoms with Gasteiger partial charge in [0.1, 0.15) is 0 Å². The summed E-state index contributed by atoms with van der Waals surface area (Å²) in [6.45, 7) is 3.96. The number of nitrogens with one attached hydrogen (secondary N) is 1. The molecule has 0 aliphatic carbocycles. The molecule has 1 aromatic heterocycles. The van der Waals surface area contributed by atoms with Crippen LogP contribution >= 0.6 is 22.9 Å². The summed E-state index contributed by atoms with van der Waals surface area (Å²) in [7, 11) is 0. The van der Waals surface area contributed by atoms with Crippen molar-refractivity contribution >= 4 is 28.8 Å². The maximum atomic E-state index is 11.7. The minimum absolute atomic E-state index is 0.0412. The summed E-state index contributed by atoms with van der Waals surface area (Å²) >= 11 is 7.34. The van der Waals surface area contributed by atoms with Crippen LogP contribution in [0.4, 0.5) is 0 Å². The lowest BCUT2D eigenvalue weighted by molar-refractivity contribution is -0.121. The second kappa shape index (κ2) is 8.70. The Morgan fingerprint density at radius 2 is 2.24 bits per heavy atom. The third kappa shape index (κ3) is 6.32. The van der Waals surface area contributed by atoms with Gasteiger partial charge in [-0.15, -0.1) is 11.3 Å². The Kier molecular flexibility index (Phi) is 6.92. The Morgan fingerprint density at radius 3 is 2.90 bits per heavy atom. The Morgan fingerprint density at radius 1 is 1.48 bits per heavy atom. The van der Waals surface area contributed by atoms with Crippen molar-refractivity contribution in [3.05, 3.63) is 21.3 Å². The van der Waals surface area contributed by atoms with Crippen LogP contribution in [0.25, 0.3) is 0 Å². The van der Waals surface area contributed by atoms with E-state index in [-0.39, 0.29) is 5.91 Å². The van der Waals surface area contributed by atoms with Crippen molar-refractivity contribution in [2.24, 2.45) is 0 Å². The zero-order valence-corrected chi connectivity index (χ0v) is 13.5. The van der Waals surface area contributed by atoms with Crippen LogP contribution < -0.4 is 5.32 Å². The van der Waals surface area contributed by atoms with Gasteiger partial charge in [-0.25, -0.2) is 0 Å². The maximum absolute atomic E-state index is 11.7. The van der Waals surface area contributed by atoms with Crippen molar-refractivity contribution in [1.82, 2.24) is 10.2 Å². The summed E-state index contributed by atoms with van der Waals surface area (Å²) in [6.07, 6.45) is 0.562. The number of aliphatic hydroxyl groups is 1. The number of hydrogen-bond acceptors (Lipinski definition) is 5. The van der Waals surface area contributed by atoms with Crippen molar-refractivity contribution in [3.8, 4) is 0 Å². The van der Waals surface area contributed by atoms with Crippen molar-refractivity contribution in [3.63, 3.8) is 0 Å². The van der Waals surface area contributed by atoms with E-state index in [1.165, 1.54) is 11.3 Å². The van der Waals surface area contributed by atoms with Crippen LogP contribution in [0, 0.1) is 0 Å². The van der Waals surface area contributed by atoms with Gasteiger partial charge in [0.05, 0.1) is 23.7 Å². The van der Waals surface area contributed by atoms with Crippen LogP contribution in [0.1, 0.15) is 11.3 Å². The number of ether oxygens (including phenoxy) is 1. The van der Waals surface area contributed by atoms with Gasteiger partial charge in [0, 0.05) is 37.5 Å². The highest BCUT2D eigenvalue weighted by Crippen LogP contribution is 2.22. The highest BCUT2D eigenvalue weighted by atomic mass is 35.5. The molecule has 2 N–H and O–H groups in total. The minimum atomic E-state index is -0.539. The van der Waals surface area contributed by atoms with E-state index in [1.807, 2.05) is 12.1 Å². The van der Waals surface area contributed by atoms with Crippen LogP contribution in [0.3, 0.4) is 0 Å². The van der Waals surface area contributed by atoms with E-state index in [2.05, 4.69) is 10.2 Å². The number of carbonyl (C=O) groups excluding carboxylic acids is 1. The molecule has 1 amide bonds. The predicted octanol–water partition coefficient (Wildman–Crippen LogP) is 1.14. The molecule has 1 atom stereocenters. The number of amides is 1. The van der Waals surface area contributed by atoms with E-state index in [0.29, 0.717) is 39.1 Å². The summed E-state index contributed by atoms with van der Waals surface area (Å²) in [5.74, 6) is -0.0412. The molecule has 2 heterocycles. The van der Waals surface area contributed by atoms with Gasteiger partial charge >= 0.3 is 0 Å². The highest BCUT2D eigenvalue weighted by Gasteiger charge is 2.15. The Bertz CT molecular complexity index is 449. The van der Waals surface area contributed by atoms with E-state index in [1.54, 1.807) is 0 Å². The monoisotopic (exact) mass is 332 g/mol. The molecule has 7 heteroatoms. The summed E-state index contributed by atoms with van der Waals surface area (Å²) < 4.78 is 6.00. The van der Waals surface area contributed by atoms with E-state index in [0.717, 1.165) is 22.3 Å². The van der Waals surface area contributed by atoms with Crippen LogP contribution in [0.5, 0.6) is 0 Å². The zero-order valence-electron chi connectivity index (χ0n) is 11.9. The number of hydrogen-bond donors (Lipinski definition) is 2. The van der Waals surface area contributed by atoms with Gasteiger partial charge in [0.15, 0.2) is 0 Å². The Balaban J connectivity index is 1.59. The Labute approximate surface area is 133 Å². The summed E-state index contributed by atoms with van der Waals surface area (Å²) in [4.78, 5) is 15.0. The first-order chi connectivity index (χ1) is 10.1. The molecule has 0 bridgehead atoms. The molecule has 1 aliphatic rings. The number of halogens is 1. The van der Waals surface area contributed by atoms with Crippen molar-refractivity contribution < 1.29 is 14.6 Å². The van der Waals surface area contributed by atoms with Gasteiger partial charge in [-0.05, 0) is 18.6 Å². The SMILES string of the molecule is O=C(CCc1ccc(Cl)s1)NCC(O)CN1CCOCC1. The molecule has 2 rings (SSSR count). The van der Waals surface area contributed by atoms with E-state index < -0.39 is 6.10 Å². The lowest BCUT2D eigenvalue weighted by Gasteiger charge is -2.28. The third-order valence-corrected chi connectivity index (χ3v) is 4.63. The van der Waals surface area contributed by atoms with E-state index in [9.17, 15) is 9.90 Å². The van der Waals surface area contributed by atoms with Gasteiger partial charge in [-0.2, -0.15) is 0 Å². The molecule has 1 fully saturated rings. The molecule has 21 heavy (non-hydrogen) atoms. The molecule has 1 saturated heterocycles. The second-order valence-corrected chi connectivity index (χ2v) is 6.88.